The summed E-state index contributed by atoms with van der Waals surface area (Å²) in [4.78, 5) is -0.718. The zero-order chi connectivity index (χ0) is 16.7. The molecular formula is C12H10AgN4O5S2+. The fourth-order valence-corrected chi connectivity index (χ4v) is 3.98. The number of nitrogens with zero attached hydrogens (tertiary/aromatic N) is 2. The van der Waals surface area contributed by atoms with Crippen molar-refractivity contribution in [1.29, 1.82) is 0 Å². The van der Waals surface area contributed by atoms with Gasteiger partial charge in [-0.05, 0) is 24.3 Å². The smallest absolute Gasteiger partial charge is 0.282 e. The van der Waals surface area contributed by atoms with Gasteiger partial charge in [-0.2, -0.15) is 23.8 Å². The van der Waals surface area contributed by atoms with E-state index in [1.54, 1.807) is 6.07 Å². The molecule has 9 nitrogen and oxygen atoms in total. The second-order valence-electron chi connectivity index (χ2n) is 4.53. The van der Waals surface area contributed by atoms with Gasteiger partial charge in [0, 0.05) is 0 Å². The molecule has 130 valence electrons. The maximum Gasteiger partial charge on any atom is 1.00 e. The second kappa shape index (κ2) is 6.63. The van der Waals surface area contributed by atoms with Gasteiger partial charge in [-0.3, -0.25) is 9.27 Å². The van der Waals surface area contributed by atoms with Gasteiger partial charge in [0.05, 0.1) is 10.6 Å². The standard InChI is InChI=1S/C12H10N4O5S2.Ag/c17-22(18,8-4-2-1-3-5-8)15-10-7-6-9-11(14-16-13-9)12(10)23(19,20)21;/h1-7,15H,(H,13,14,16)(H,19,20,21);/q;+1. The van der Waals surface area contributed by atoms with Gasteiger partial charge in [-0.15, -0.1) is 0 Å². The molecular weight excluding hydrogens is 452 g/mol. The van der Waals surface area contributed by atoms with Crippen LogP contribution in [0.2, 0.25) is 0 Å². The third kappa shape index (κ3) is 3.50. The normalized spacial score (nSPS) is 11.9. The molecule has 0 saturated heterocycles. The fraction of sp³-hybridized carbons (Fsp3) is 0. The van der Waals surface area contributed by atoms with E-state index in [2.05, 4.69) is 20.1 Å². The molecule has 2 aromatic carbocycles. The summed E-state index contributed by atoms with van der Waals surface area (Å²) in [7, 11) is -8.77. The number of sulfonamides is 1. The number of nitrogens with one attached hydrogen (secondary N) is 2. The fourth-order valence-electron chi connectivity index (χ4n) is 2.03. The van der Waals surface area contributed by atoms with Crippen molar-refractivity contribution >= 4 is 36.9 Å². The van der Waals surface area contributed by atoms with Crippen LogP contribution in [0, 0.1) is 0 Å². The summed E-state index contributed by atoms with van der Waals surface area (Å²) in [6.07, 6.45) is 0. The number of H-pyrrole nitrogens is 1. The van der Waals surface area contributed by atoms with Crippen LogP contribution in [0.4, 0.5) is 5.69 Å². The van der Waals surface area contributed by atoms with Crippen molar-refractivity contribution in [2.75, 3.05) is 4.72 Å². The molecule has 0 aliphatic rings. The SMILES string of the molecule is O=S(=O)(O)c1c(NS(=O)(=O)c2ccccc2)ccc2n[nH]nc12.[Ag+]. The number of fused-ring (bicyclic) bond motifs is 1. The summed E-state index contributed by atoms with van der Waals surface area (Å²) in [5.41, 5.74) is -0.321. The van der Waals surface area contributed by atoms with Gasteiger partial charge in [0.15, 0.2) is 0 Å². The summed E-state index contributed by atoms with van der Waals surface area (Å²) in [5, 5.41) is 9.56. The summed E-state index contributed by atoms with van der Waals surface area (Å²) in [6, 6.07) is 9.96. The minimum absolute atomic E-state index is 0. The maximum atomic E-state index is 12.3. The van der Waals surface area contributed by atoms with Gasteiger partial charge in [-0.1, -0.05) is 18.2 Å². The topological polar surface area (TPSA) is 142 Å². The van der Waals surface area contributed by atoms with Gasteiger partial charge in [-0.25, -0.2) is 8.42 Å². The Balaban J connectivity index is 0.00000208. The Bertz CT molecular complexity index is 1080. The first kappa shape index (κ1) is 18.6. The molecule has 0 bridgehead atoms. The molecule has 1 heterocycles. The van der Waals surface area contributed by atoms with E-state index in [-0.39, 0.29) is 44.0 Å². The molecule has 0 fully saturated rings. The number of hydrogen-bond acceptors (Lipinski definition) is 6. The van der Waals surface area contributed by atoms with Crippen LogP contribution >= 0.6 is 0 Å². The van der Waals surface area contributed by atoms with Gasteiger partial charge in [0.2, 0.25) is 0 Å². The zero-order valence-electron chi connectivity index (χ0n) is 11.6. The average Bonchev–Trinajstić information content (AvgIpc) is 2.94. The molecule has 0 unspecified atom stereocenters. The molecule has 0 aliphatic carbocycles. The Labute approximate surface area is 152 Å². The van der Waals surface area contributed by atoms with Crippen molar-refractivity contribution in [1.82, 2.24) is 15.4 Å². The van der Waals surface area contributed by atoms with Gasteiger partial charge in [0.1, 0.15) is 15.9 Å². The average molecular weight is 462 g/mol. The van der Waals surface area contributed by atoms with Crippen molar-refractivity contribution in [3.8, 4) is 0 Å². The van der Waals surface area contributed by atoms with Crippen LogP contribution in [0.15, 0.2) is 52.3 Å². The van der Waals surface area contributed by atoms with Crippen molar-refractivity contribution in [2.45, 2.75) is 9.79 Å². The Morgan fingerprint density at radius 1 is 0.958 bits per heavy atom. The monoisotopic (exact) mass is 461 g/mol. The molecule has 3 rings (SSSR count). The number of hydrogen-bond donors (Lipinski definition) is 3. The van der Waals surface area contributed by atoms with Crippen LogP contribution in [-0.2, 0) is 42.5 Å². The second-order valence-corrected chi connectivity index (χ2v) is 7.57. The molecule has 3 aromatic rings. The summed E-state index contributed by atoms with van der Waals surface area (Å²) < 4.78 is 59.5. The Morgan fingerprint density at radius 2 is 1.62 bits per heavy atom. The summed E-state index contributed by atoms with van der Waals surface area (Å²) in [6.45, 7) is 0. The number of aromatic nitrogens is 3. The molecule has 0 spiro atoms. The van der Waals surface area contributed by atoms with Gasteiger partial charge < -0.3 is 0 Å². The van der Waals surface area contributed by atoms with Crippen LogP contribution in [0.25, 0.3) is 11.0 Å². The summed E-state index contributed by atoms with van der Waals surface area (Å²) in [5.74, 6) is 0. The van der Waals surface area contributed by atoms with Crippen LogP contribution in [0.1, 0.15) is 0 Å². The molecule has 0 saturated carbocycles. The molecule has 0 amide bonds. The molecule has 0 aliphatic heterocycles. The van der Waals surface area contributed by atoms with E-state index in [4.69, 9.17) is 0 Å². The van der Waals surface area contributed by atoms with Crippen LogP contribution < -0.4 is 4.72 Å². The Morgan fingerprint density at radius 3 is 2.25 bits per heavy atom. The van der Waals surface area contributed by atoms with Crippen molar-refractivity contribution < 1.29 is 43.8 Å². The van der Waals surface area contributed by atoms with E-state index in [9.17, 15) is 21.4 Å². The van der Waals surface area contributed by atoms with E-state index < -0.39 is 25.0 Å². The van der Waals surface area contributed by atoms with Gasteiger partial charge in [0.25, 0.3) is 20.1 Å². The van der Waals surface area contributed by atoms with Crippen LogP contribution in [-0.4, -0.2) is 36.8 Å². The Hall–Kier alpha value is -1.76. The Kier molecular flexibility index (Phi) is 5.13. The third-order valence-corrected chi connectivity index (χ3v) is 5.31. The quantitative estimate of drug-likeness (QED) is 0.388. The van der Waals surface area contributed by atoms with E-state index in [1.807, 2.05) is 0 Å². The molecule has 3 N–H and O–H groups in total. The van der Waals surface area contributed by atoms with E-state index in [0.29, 0.717) is 0 Å². The molecule has 1 aromatic heterocycles. The van der Waals surface area contributed by atoms with E-state index in [0.717, 1.165) is 0 Å². The minimum atomic E-state index is -4.73. The minimum Gasteiger partial charge on any atom is -0.282 e. The maximum absolute atomic E-state index is 12.3. The van der Waals surface area contributed by atoms with Crippen molar-refractivity contribution in [3.05, 3.63) is 42.5 Å². The van der Waals surface area contributed by atoms with Crippen LogP contribution in [0.3, 0.4) is 0 Å². The first-order valence-electron chi connectivity index (χ1n) is 6.18. The number of rotatable bonds is 4. The number of anilines is 1. The number of benzene rings is 2. The third-order valence-electron chi connectivity index (χ3n) is 3.00. The molecule has 12 heteroatoms. The van der Waals surface area contributed by atoms with Crippen molar-refractivity contribution in [2.24, 2.45) is 0 Å². The molecule has 0 radical (unpaired) electrons. The molecule has 0 atom stereocenters. The molecule has 24 heavy (non-hydrogen) atoms. The first-order valence-corrected chi connectivity index (χ1v) is 9.10. The first-order chi connectivity index (χ1) is 10.8. The summed E-state index contributed by atoms with van der Waals surface area (Å²) >= 11 is 0. The van der Waals surface area contributed by atoms with Crippen LogP contribution in [0.5, 0.6) is 0 Å². The largest absolute Gasteiger partial charge is 1.00 e. The predicted octanol–water partition coefficient (Wildman–Crippen LogP) is 1.00. The van der Waals surface area contributed by atoms with E-state index in [1.165, 1.54) is 36.4 Å². The van der Waals surface area contributed by atoms with E-state index >= 15 is 0 Å². The van der Waals surface area contributed by atoms with Gasteiger partial charge >= 0.3 is 22.4 Å². The predicted molar refractivity (Wildman–Crippen MR) is 81.0 cm³/mol. The van der Waals surface area contributed by atoms with Crippen molar-refractivity contribution in [3.63, 3.8) is 0 Å². The number of aromatic amines is 1. The zero-order valence-corrected chi connectivity index (χ0v) is 14.7.